The lowest BCUT2D eigenvalue weighted by atomic mass is 10.0. The summed E-state index contributed by atoms with van der Waals surface area (Å²) in [4.78, 5) is 9.89. The van der Waals surface area contributed by atoms with E-state index in [4.69, 9.17) is 11.6 Å². The van der Waals surface area contributed by atoms with Gasteiger partial charge in [0.05, 0.1) is 0 Å². The monoisotopic (exact) mass is 199 g/mol. The fourth-order valence-corrected chi connectivity index (χ4v) is 1.11. The normalized spacial score (nSPS) is 15.2. The highest BCUT2D eigenvalue weighted by atomic mass is 35.5. The highest BCUT2D eigenvalue weighted by Crippen LogP contribution is 2.28. The maximum absolute atomic E-state index is 10.9. The van der Waals surface area contributed by atoms with Gasteiger partial charge in [0.25, 0.3) is 0 Å². The second-order valence-corrected chi connectivity index (χ2v) is 3.78. The molecule has 0 aliphatic rings. The Balaban J connectivity index is 3.06. The Hall–Kier alpha value is -0.600. The summed E-state index contributed by atoms with van der Waals surface area (Å²) in [5, 5.41) is -0.449. The molecule has 1 nitrogen and oxygen atoms in total. The SMILES string of the molecule is CC(Cl)(C(=O)[S-])c1ccccc1. The quantitative estimate of drug-likeness (QED) is 0.537. The van der Waals surface area contributed by atoms with E-state index < -0.39 is 9.99 Å². The van der Waals surface area contributed by atoms with Crippen LogP contribution >= 0.6 is 11.6 Å². The molecule has 0 fully saturated rings. The van der Waals surface area contributed by atoms with E-state index in [0.29, 0.717) is 0 Å². The minimum Gasteiger partial charge on any atom is -0.740 e. The summed E-state index contributed by atoms with van der Waals surface area (Å²) in [7, 11) is 0. The average Bonchev–Trinajstić information content (AvgIpc) is 2.06. The van der Waals surface area contributed by atoms with Crippen molar-refractivity contribution in [3.63, 3.8) is 0 Å². The van der Waals surface area contributed by atoms with Gasteiger partial charge < -0.3 is 17.4 Å². The number of hydrogen-bond acceptors (Lipinski definition) is 2. The third-order valence-corrected chi connectivity index (χ3v) is 2.61. The van der Waals surface area contributed by atoms with E-state index in [1.165, 1.54) is 0 Å². The van der Waals surface area contributed by atoms with Crippen LogP contribution in [0.15, 0.2) is 30.3 Å². The molecule has 0 aliphatic heterocycles. The number of alkyl halides is 1. The topological polar surface area (TPSA) is 17.1 Å². The molecule has 1 rings (SSSR count). The first-order chi connectivity index (χ1) is 5.55. The lowest BCUT2D eigenvalue weighted by molar-refractivity contribution is -0.113. The summed E-state index contributed by atoms with van der Waals surface area (Å²) in [5.74, 6) is 0. The first-order valence-corrected chi connectivity index (χ1v) is 4.29. The van der Waals surface area contributed by atoms with Gasteiger partial charge in [0.15, 0.2) is 0 Å². The van der Waals surface area contributed by atoms with Gasteiger partial charge in [-0.1, -0.05) is 30.3 Å². The van der Waals surface area contributed by atoms with Gasteiger partial charge in [0, 0.05) is 5.12 Å². The number of benzene rings is 1. The summed E-state index contributed by atoms with van der Waals surface area (Å²) in [6, 6.07) is 9.10. The molecule has 1 unspecified atom stereocenters. The van der Waals surface area contributed by atoms with Crippen LogP contribution in [0, 0.1) is 0 Å². The van der Waals surface area contributed by atoms with Crippen molar-refractivity contribution in [2.24, 2.45) is 0 Å². The number of carbonyl (C=O) groups is 1. The summed E-state index contributed by atoms with van der Waals surface area (Å²) >= 11 is 10.5. The van der Waals surface area contributed by atoms with Crippen molar-refractivity contribution in [3.8, 4) is 0 Å². The van der Waals surface area contributed by atoms with Crippen molar-refractivity contribution < 1.29 is 4.79 Å². The summed E-state index contributed by atoms with van der Waals surface area (Å²) in [6.07, 6.45) is 0. The minimum atomic E-state index is -1.06. The number of carbonyl (C=O) groups excluding carboxylic acids is 1. The summed E-state index contributed by atoms with van der Waals surface area (Å²) < 4.78 is 0. The zero-order chi connectivity index (χ0) is 9.19. The van der Waals surface area contributed by atoms with E-state index >= 15 is 0 Å². The Morgan fingerprint density at radius 1 is 1.42 bits per heavy atom. The first-order valence-electron chi connectivity index (χ1n) is 3.51. The standard InChI is InChI=1S/C9H9ClOS/c1-9(10,8(11)12)7-5-3-2-4-6-7/h2-6H,1H3,(H,11,12)/p-1. The molecule has 1 atom stereocenters. The molecule has 1 aromatic rings. The van der Waals surface area contributed by atoms with Crippen LogP contribution in [0.2, 0.25) is 0 Å². The Kier molecular flexibility index (Phi) is 2.70. The molecule has 0 aromatic heterocycles. The van der Waals surface area contributed by atoms with Crippen LogP contribution in [-0.4, -0.2) is 5.12 Å². The number of halogens is 1. The van der Waals surface area contributed by atoms with Crippen LogP contribution in [-0.2, 0) is 22.3 Å². The lowest BCUT2D eigenvalue weighted by Crippen LogP contribution is -2.23. The molecule has 3 heteroatoms. The largest absolute Gasteiger partial charge is 0.740 e. The smallest absolute Gasteiger partial charge is 0.103 e. The predicted octanol–water partition coefficient (Wildman–Crippen LogP) is 2.21. The minimum absolute atomic E-state index is 0.449. The molecule has 0 bridgehead atoms. The van der Waals surface area contributed by atoms with E-state index in [1.807, 2.05) is 18.2 Å². The zero-order valence-electron chi connectivity index (χ0n) is 6.58. The first kappa shape index (κ1) is 9.49. The molecule has 0 amide bonds. The van der Waals surface area contributed by atoms with Gasteiger partial charge in [-0.2, -0.15) is 0 Å². The van der Waals surface area contributed by atoms with Crippen molar-refractivity contribution in [2.75, 3.05) is 0 Å². The van der Waals surface area contributed by atoms with Crippen LogP contribution in [0.4, 0.5) is 0 Å². The van der Waals surface area contributed by atoms with Gasteiger partial charge in [-0.05, 0) is 12.5 Å². The Bertz CT molecular complexity index is 282. The van der Waals surface area contributed by atoms with E-state index in [2.05, 4.69) is 12.6 Å². The predicted molar refractivity (Wildman–Crippen MR) is 52.0 cm³/mol. The molecule has 0 heterocycles. The Morgan fingerprint density at radius 2 is 1.92 bits per heavy atom. The number of rotatable bonds is 2. The summed E-state index contributed by atoms with van der Waals surface area (Å²) in [5.41, 5.74) is 0.742. The van der Waals surface area contributed by atoms with Crippen LogP contribution in [0.3, 0.4) is 0 Å². The van der Waals surface area contributed by atoms with Gasteiger partial charge in [-0.15, -0.1) is 11.6 Å². The lowest BCUT2D eigenvalue weighted by Gasteiger charge is -2.24. The van der Waals surface area contributed by atoms with E-state index in [-0.39, 0.29) is 0 Å². The molecule has 12 heavy (non-hydrogen) atoms. The number of hydrogen-bond donors (Lipinski definition) is 0. The average molecular weight is 200 g/mol. The van der Waals surface area contributed by atoms with Gasteiger partial charge in [0.1, 0.15) is 4.87 Å². The fraction of sp³-hybridized carbons (Fsp3) is 0.222. The fourth-order valence-electron chi connectivity index (χ4n) is 0.869. The highest BCUT2D eigenvalue weighted by Gasteiger charge is 2.23. The molecular weight excluding hydrogens is 192 g/mol. The van der Waals surface area contributed by atoms with Gasteiger partial charge in [-0.25, -0.2) is 0 Å². The second kappa shape index (κ2) is 3.42. The van der Waals surface area contributed by atoms with Crippen molar-refractivity contribution >= 4 is 29.3 Å². The Morgan fingerprint density at radius 3 is 2.33 bits per heavy atom. The second-order valence-electron chi connectivity index (χ2n) is 2.66. The third kappa shape index (κ3) is 1.76. The van der Waals surface area contributed by atoms with E-state index in [0.717, 1.165) is 5.56 Å². The van der Waals surface area contributed by atoms with Gasteiger partial charge in [0.2, 0.25) is 0 Å². The molecule has 0 saturated carbocycles. The molecular formula is C9H8ClOS-. The molecule has 0 saturated heterocycles. The molecule has 1 aromatic carbocycles. The van der Waals surface area contributed by atoms with Crippen molar-refractivity contribution in [1.82, 2.24) is 0 Å². The third-order valence-electron chi connectivity index (χ3n) is 1.70. The van der Waals surface area contributed by atoms with Crippen LogP contribution < -0.4 is 0 Å². The highest BCUT2D eigenvalue weighted by molar-refractivity contribution is 7.77. The van der Waals surface area contributed by atoms with Crippen LogP contribution in [0.25, 0.3) is 0 Å². The van der Waals surface area contributed by atoms with Gasteiger partial charge >= 0.3 is 0 Å². The maximum atomic E-state index is 10.9. The van der Waals surface area contributed by atoms with Crippen LogP contribution in [0.5, 0.6) is 0 Å². The Labute approximate surface area is 82.1 Å². The molecule has 0 N–H and O–H groups in total. The molecule has 0 aliphatic carbocycles. The molecule has 64 valence electrons. The maximum Gasteiger partial charge on any atom is 0.103 e. The zero-order valence-corrected chi connectivity index (χ0v) is 8.15. The van der Waals surface area contributed by atoms with Crippen molar-refractivity contribution in [3.05, 3.63) is 35.9 Å². The van der Waals surface area contributed by atoms with Crippen LogP contribution in [0.1, 0.15) is 12.5 Å². The summed E-state index contributed by atoms with van der Waals surface area (Å²) in [6.45, 7) is 1.61. The van der Waals surface area contributed by atoms with Gasteiger partial charge in [-0.3, -0.25) is 0 Å². The van der Waals surface area contributed by atoms with Crippen molar-refractivity contribution in [2.45, 2.75) is 11.8 Å². The molecule has 0 radical (unpaired) electrons. The van der Waals surface area contributed by atoms with E-state index in [1.54, 1.807) is 19.1 Å². The van der Waals surface area contributed by atoms with E-state index in [9.17, 15) is 4.79 Å². The van der Waals surface area contributed by atoms with Crippen molar-refractivity contribution in [1.29, 1.82) is 0 Å². The molecule has 0 spiro atoms.